The van der Waals surface area contributed by atoms with E-state index in [9.17, 15) is 4.79 Å². The zero-order valence-electron chi connectivity index (χ0n) is 15.9. The summed E-state index contributed by atoms with van der Waals surface area (Å²) < 4.78 is 11.6. The smallest absolute Gasteiger partial charge is 0.234 e. The molecule has 2 aromatic carbocycles. The third-order valence-corrected chi connectivity index (χ3v) is 5.63. The molecule has 2 atom stereocenters. The van der Waals surface area contributed by atoms with E-state index < -0.39 is 0 Å². The van der Waals surface area contributed by atoms with Crippen molar-refractivity contribution in [3.05, 3.63) is 59.1 Å². The number of rotatable bonds is 7. The first-order chi connectivity index (χ1) is 13.6. The number of carbonyl (C=O) groups is 1. The first kappa shape index (κ1) is 19.1. The quantitative estimate of drug-likeness (QED) is 0.767. The van der Waals surface area contributed by atoms with Gasteiger partial charge in [-0.3, -0.25) is 9.69 Å². The number of nitrogens with one attached hydrogen (secondary N) is 1. The Morgan fingerprint density at radius 2 is 1.89 bits per heavy atom. The van der Waals surface area contributed by atoms with Gasteiger partial charge in [-0.2, -0.15) is 0 Å². The van der Waals surface area contributed by atoms with Gasteiger partial charge >= 0.3 is 0 Å². The molecule has 0 bridgehead atoms. The van der Waals surface area contributed by atoms with Crippen LogP contribution in [-0.2, 0) is 4.79 Å². The van der Waals surface area contributed by atoms with E-state index in [0.29, 0.717) is 25.7 Å². The molecular weight excluding hydrogens is 376 g/mol. The maximum absolute atomic E-state index is 12.6. The fourth-order valence-electron chi connectivity index (χ4n) is 3.59. The van der Waals surface area contributed by atoms with Crippen molar-refractivity contribution in [1.82, 2.24) is 10.2 Å². The van der Waals surface area contributed by atoms with Gasteiger partial charge < -0.3 is 14.8 Å². The van der Waals surface area contributed by atoms with Crippen molar-refractivity contribution in [2.45, 2.75) is 38.0 Å². The van der Waals surface area contributed by atoms with Crippen LogP contribution in [-0.4, -0.2) is 42.6 Å². The van der Waals surface area contributed by atoms with Gasteiger partial charge in [0.15, 0.2) is 11.5 Å². The number of ether oxygens (including phenoxy) is 2. The van der Waals surface area contributed by atoms with Gasteiger partial charge in [0.1, 0.15) is 12.7 Å². The summed E-state index contributed by atoms with van der Waals surface area (Å²) in [7, 11) is 0. The van der Waals surface area contributed by atoms with Gasteiger partial charge in [-0.1, -0.05) is 41.9 Å². The Hall–Kier alpha value is -2.24. The normalized spacial score (nSPS) is 19.3. The summed E-state index contributed by atoms with van der Waals surface area (Å²) in [4.78, 5) is 14.9. The van der Waals surface area contributed by atoms with Crippen LogP contribution in [0.5, 0.6) is 11.5 Å². The Balaban J connectivity index is 1.33. The Kier molecular flexibility index (Phi) is 5.74. The third-order valence-electron chi connectivity index (χ3n) is 5.29. The van der Waals surface area contributed by atoms with Gasteiger partial charge in [0.05, 0.1) is 13.1 Å². The van der Waals surface area contributed by atoms with Gasteiger partial charge in [0.2, 0.25) is 5.91 Å². The monoisotopic (exact) mass is 400 g/mol. The highest BCUT2D eigenvalue weighted by Gasteiger charge is 2.34. The fraction of sp³-hybridized carbons (Fsp3) is 0.409. The summed E-state index contributed by atoms with van der Waals surface area (Å²) in [6.45, 7) is 3.31. The third kappa shape index (κ3) is 4.42. The zero-order chi connectivity index (χ0) is 19.5. The van der Waals surface area contributed by atoms with Crippen molar-refractivity contribution in [2.75, 3.05) is 19.7 Å². The molecule has 5 nitrogen and oxygen atoms in total. The van der Waals surface area contributed by atoms with E-state index in [1.54, 1.807) is 0 Å². The molecule has 1 aliphatic carbocycles. The lowest BCUT2D eigenvalue weighted by molar-refractivity contribution is -0.123. The van der Waals surface area contributed by atoms with Gasteiger partial charge in [-0.05, 0) is 43.5 Å². The van der Waals surface area contributed by atoms with Crippen molar-refractivity contribution in [2.24, 2.45) is 0 Å². The van der Waals surface area contributed by atoms with Gasteiger partial charge in [0.25, 0.3) is 0 Å². The summed E-state index contributed by atoms with van der Waals surface area (Å²) in [6.07, 6.45) is 2.06. The van der Waals surface area contributed by atoms with Crippen molar-refractivity contribution < 1.29 is 14.3 Å². The molecule has 0 aromatic heterocycles. The van der Waals surface area contributed by atoms with Crippen LogP contribution in [0, 0.1) is 0 Å². The molecule has 148 valence electrons. The summed E-state index contributed by atoms with van der Waals surface area (Å²) in [6, 6.07) is 16.0. The van der Waals surface area contributed by atoms with Gasteiger partial charge in [-0.25, -0.2) is 0 Å². The second-order valence-corrected chi connectivity index (χ2v) is 7.81. The maximum Gasteiger partial charge on any atom is 0.234 e. The molecule has 0 saturated heterocycles. The summed E-state index contributed by atoms with van der Waals surface area (Å²) >= 11 is 6.37. The van der Waals surface area contributed by atoms with Crippen LogP contribution < -0.4 is 14.8 Å². The molecule has 1 heterocycles. The van der Waals surface area contributed by atoms with Crippen molar-refractivity contribution in [1.29, 1.82) is 0 Å². The number of fused-ring (bicyclic) bond motifs is 1. The second kappa shape index (κ2) is 8.41. The molecule has 4 rings (SSSR count). The van der Waals surface area contributed by atoms with Crippen LogP contribution in [0.4, 0.5) is 0 Å². The Morgan fingerprint density at radius 3 is 2.64 bits per heavy atom. The van der Waals surface area contributed by atoms with Crippen LogP contribution in [0.2, 0.25) is 5.02 Å². The lowest BCUT2D eigenvalue weighted by Crippen LogP contribution is -2.45. The van der Waals surface area contributed by atoms with Gasteiger partial charge in [-0.15, -0.1) is 0 Å². The van der Waals surface area contributed by atoms with E-state index in [0.717, 1.165) is 34.9 Å². The standard InChI is InChI=1S/C22H25ClN2O3/c1-15(18-6-2-3-7-19(18)23)25(16-10-11-16)13-22(26)24-12-17-14-27-20-8-4-5-9-21(20)28-17/h2-9,15-17H,10-14H2,1H3,(H,24,26). The highest BCUT2D eigenvalue weighted by atomic mass is 35.5. The molecule has 6 heteroatoms. The number of amides is 1. The molecule has 1 fully saturated rings. The summed E-state index contributed by atoms with van der Waals surface area (Å²) in [5.74, 6) is 1.46. The molecule has 1 N–H and O–H groups in total. The molecule has 1 saturated carbocycles. The number of hydrogen-bond acceptors (Lipinski definition) is 4. The summed E-state index contributed by atoms with van der Waals surface area (Å²) in [5, 5.41) is 3.74. The Morgan fingerprint density at radius 1 is 1.18 bits per heavy atom. The van der Waals surface area contributed by atoms with Crippen LogP contribution in [0.15, 0.2) is 48.5 Å². The molecule has 28 heavy (non-hydrogen) atoms. The summed E-state index contributed by atoms with van der Waals surface area (Å²) in [5.41, 5.74) is 1.06. The maximum atomic E-state index is 12.6. The highest BCUT2D eigenvalue weighted by molar-refractivity contribution is 6.31. The Bertz CT molecular complexity index is 840. The molecule has 2 unspecified atom stereocenters. The largest absolute Gasteiger partial charge is 0.486 e. The average molecular weight is 401 g/mol. The number of benzene rings is 2. The molecule has 0 radical (unpaired) electrons. The van der Waals surface area contributed by atoms with E-state index in [1.165, 1.54) is 0 Å². The number of hydrogen-bond donors (Lipinski definition) is 1. The Labute approximate surface area is 170 Å². The number of halogens is 1. The van der Waals surface area contributed by atoms with Crippen molar-refractivity contribution in [3.63, 3.8) is 0 Å². The van der Waals surface area contributed by atoms with Crippen molar-refractivity contribution >= 4 is 17.5 Å². The minimum absolute atomic E-state index is 0.00624. The minimum Gasteiger partial charge on any atom is -0.486 e. The molecular formula is C22H25ClN2O3. The topological polar surface area (TPSA) is 50.8 Å². The SMILES string of the molecule is CC(c1ccccc1Cl)N(CC(=O)NCC1COc2ccccc2O1)C1CC1. The number of carbonyl (C=O) groups excluding carboxylic acids is 1. The number of nitrogens with zero attached hydrogens (tertiary/aromatic N) is 1. The first-order valence-corrected chi connectivity index (χ1v) is 10.1. The molecule has 1 amide bonds. The molecule has 2 aromatic rings. The van der Waals surface area contributed by atoms with E-state index in [1.807, 2.05) is 48.5 Å². The van der Waals surface area contributed by atoms with Crippen LogP contribution >= 0.6 is 11.6 Å². The first-order valence-electron chi connectivity index (χ1n) is 9.77. The van der Waals surface area contributed by atoms with E-state index >= 15 is 0 Å². The highest BCUT2D eigenvalue weighted by Crippen LogP contribution is 2.36. The zero-order valence-corrected chi connectivity index (χ0v) is 16.7. The molecule has 1 aliphatic heterocycles. The van der Waals surface area contributed by atoms with Crippen LogP contribution in [0.25, 0.3) is 0 Å². The number of para-hydroxylation sites is 2. The average Bonchev–Trinajstić information content (AvgIpc) is 3.55. The predicted octanol–water partition coefficient (Wildman–Crippen LogP) is 3.82. The molecule has 0 spiro atoms. The van der Waals surface area contributed by atoms with Crippen molar-refractivity contribution in [3.8, 4) is 11.5 Å². The molecule has 2 aliphatic rings. The lowest BCUT2D eigenvalue weighted by Gasteiger charge is -2.30. The minimum atomic E-state index is -0.186. The van der Waals surface area contributed by atoms with E-state index in [2.05, 4.69) is 17.1 Å². The fourth-order valence-corrected chi connectivity index (χ4v) is 3.89. The van der Waals surface area contributed by atoms with Crippen LogP contribution in [0.3, 0.4) is 0 Å². The lowest BCUT2D eigenvalue weighted by atomic mass is 10.1. The van der Waals surface area contributed by atoms with Crippen LogP contribution in [0.1, 0.15) is 31.4 Å². The van der Waals surface area contributed by atoms with E-state index in [4.69, 9.17) is 21.1 Å². The van der Waals surface area contributed by atoms with E-state index in [-0.39, 0.29) is 18.1 Å². The second-order valence-electron chi connectivity index (χ2n) is 7.40. The predicted molar refractivity (Wildman–Crippen MR) is 109 cm³/mol. The van der Waals surface area contributed by atoms with Gasteiger partial charge in [0, 0.05) is 17.1 Å².